The SMILES string of the molecule is N#Cc1cnc2ccccc2c1N1CC(=O)NC(=O)C1. The van der Waals surface area contributed by atoms with Crippen LogP contribution in [0.15, 0.2) is 30.5 Å². The van der Waals surface area contributed by atoms with Crippen molar-refractivity contribution in [1.82, 2.24) is 10.3 Å². The average molecular weight is 266 g/mol. The molecule has 2 heterocycles. The maximum Gasteiger partial charge on any atom is 0.246 e. The summed E-state index contributed by atoms with van der Waals surface area (Å²) in [6.07, 6.45) is 1.47. The Bertz CT molecular complexity index is 747. The number of carbonyl (C=O) groups excluding carboxylic acids is 2. The van der Waals surface area contributed by atoms with Crippen molar-refractivity contribution < 1.29 is 9.59 Å². The Morgan fingerprint density at radius 3 is 2.60 bits per heavy atom. The minimum atomic E-state index is -0.369. The molecule has 0 unspecified atom stereocenters. The van der Waals surface area contributed by atoms with Gasteiger partial charge in [0.15, 0.2) is 0 Å². The van der Waals surface area contributed by atoms with Gasteiger partial charge in [0.05, 0.1) is 29.9 Å². The van der Waals surface area contributed by atoms with Crippen molar-refractivity contribution in [3.05, 3.63) is 36.0 Å². The highest BCUT2D eigenvalue weighted by atomic mass is 16.2. The summed E-state index contributed by atoms with van der Waals surface area (Å²) in [7, 11) is 0. The van der Waals surface area contributed by atoms with Crippen molar-refractivity contribution >= 4 is 28.4 Å². The third-order valence-electron chi connectivity index (χ3n) is 3.13. The van der Waals surface area contributed by atoms with Crippen LogP contribution in [0.3, 0.4) is 0 Å². The standard InChI is InChI=1S/C14H10N4O2/c15-5-9-6-16-11-4-2-1-3-10(11)14(9)18-7-12(19)17-13(20)8-18/h1-4,6H,7-8H2,(H,17,19,20). The lowest BCUT2D eigenvalue weighted by Gasteiger charge is -2.28. The van der Waals surface area contributed by atoms with Gasteiger partial charge in [0.2, 0.25) is 11.8 Å². The summed E-state index contributed by atoms with van der Waals surface area (Å²) in [6, 6.07) is 9.40. The highest BCUT2D eigenvalue weighted by Gasteiger charge is 2.26. The number of fused-ring (bicyclic) bond motifs is 1. The number of benzene rings is 1. The number of hydrogen-bond donors (Lipinski definition) is 1. The molecule has 1 saturated heterocycles. The zero-order valence-electron chi connectivity index (χ0n) is 10.5. The van der Waals surface area contributed by atoms with Crippen molar-refractivity contribution in [2.24, 2.45) is 0 Å². The maximum atomic E-state index is 11.5. The predicted octanol–water partition coefficient (Wildman–Crippen LogP) is 0.569. The van der Waals surface area contributed by atoms with Crippen molar-refractivity contribution in [3.63, 3.8) is 0 Å². The van der Waals surface area contributed by atoms with E-state index in [1.807, 2.05) is 24.3 Å². The van der Waals surface area contributed by atoms with Crippen molar-refractivity contribution in [2.75, 3.05) is 18.0 Å². The topological polar surface area (TPSA) is 86.1 Å². The second kappa shape index (κ2) is 4.63. The molecule has 98 valence electrons. The van der Waals surface area contributed by atoms with Gasteiger partial charge in [-0.3, -0.25) is 19.9 Å². The molecule has 3 rings (SSSR count). The average Bonchev–Trinajstić information content (AvgIpc) is 2.45. The van der Waals surface area contributed by atoms with Crippen LogP contribution < -0.4 is 10.2 Å². The van der Waals surface area contributed by atoms with Gasteiger partial charge in [0.1, 0.15) is 6.07 Å². The molecule has 0 atom stereocenters. The fraction of sp³-hybridized carbons (Fsp3) is 0.143. The number of amides is 2. The van der Waals surface area contributed by atoms with Crippen LogP contribution in [0.4, 0.5) is 5.69 Å². The van der Waals surface area contributed by atoms with E-state index in [2.05, 4.69) is 16.4 Å². The lowest BCUT2D eigenvalue weighted by molar-refractivity contribution is -0.130. The van der Waals surface area contributed by atoms with Crippen molar-refractivity contribution in [3.8, 4) is 6.07 Å². The molecule has 2 aromatic rings. The molecule has 1 aliphatic heterocycles. The molecule has 20 heavy (non-hydrogen) atoms. The highest BCUT2D eigenvalue weighted by Crippen LogP contribution is 2.29. The van der Waals surface area contributed by atoms with Gasteiger partial charge < -0.3 is 4.90 Å². The molecule has 6 heteroatoms. The number of aromatic nitrogens is 1. The van der Waals surface area contributed by atoms with Gasteiger partial charge in [-0.15, -0.1) is 0 Å². The Kier molecular flexibility index (Phi) is 2.80. The van der Waals surface area contributed by atoms with E-state index < -0.39 is 0 Å². The second-order valence-corrected chi connectivity index (χ2v) is 4.48. The van der Waals surface area contributed by atoms with E-state index in [1.54, 1.807) is 4.90 Å². The number of nitrogens with one attached hydrogen (secondary N) is 1. The van der Waals surface area contributed by atoms with Crippen LogP contribution in [0.25, 0.3) is 10.9 Å². The molecule has 0 radical (unpaired) electrons. The molecular formula is C14H10N4O2. The van der Waals surface area contributed by atoms with Gasteiger partial charge in [0, 0.05) is 11.6 Å². The van der Waals surface area contributed by atoms with Crippen LogP contribution in [-0.2, 0) is 9.59 Å². The van der Waals surface area contributed by atoms with Gasteiger partial charge in [-0.05, 0) is 6.07 Å². The molecule has 0 spiro atoms. The number of piperazine rings is 1. The fourth-order valence-electron chi connectivity index (χ4n) is 2.34. The summed E-state index contributed by atoms with van der Waals surface area (Å²) in [5.41, 5.74) is 1.66. The minimum Gasteiger partial charge on any atom is -0.351 e. The van der Waals surface area contributed by atoms with Crippen LogP contribution >= 0.6 is 0 Å². The Hall–Kier alpha value is -2.94. The molecule has 1 fully saturated rings. The number of anilines is 1. The van der Waals surface area contributed by atoms with Crippen LogP contribution in [0.5, 0.6) is 0 Å². The summed E-state index contributed by atoms with van der Waals surface area (Å²) >= 11 is 0. The maximum absolute atomic E-state index is 11.5. The quantitative estimate of drug-likeness (QED) is 0.762. The molecule has 1 aromatic heterocycles. The van der Waals surface area contributed by atoms with E-state index in [-0.39, 0.29) is 24.9 Å². The lowest BCUT2D eigenvalue weighted by Crippen LogP contribution is -2.51. The number of hydrogen-bond acceptors (Lipinski definition) is 5. The van der Waals surface area contributed by atoms with E-state index >= 15 is 0 Å². The molecule has 1 N–H and O–H groups in total. The first-order valence-corrected chi connectivity index (χ1v) is 6.04. The first-order valence-electron chi connectivity index (χ1n) is 6.04. The number of nitrogens with zero attached hydrogens (tertiary/aromatic N) is 3. The van der Waals surface area contributed by atoms with E-state index in [4.69, 9.17) is 0 Å². The molecule has 0 aliphatic carbocycles. The van der Waals surface area contributed by atoms with Gasteiger partial charge in [0.25, 0.3) is 0 Å². The molecule has 0 bridgehead atoms. The largest absolute Gasteiger partial charge is 0.351 e. The van der Waals surface area contributed by atoms with E-state index in [9.17, 15) is 14.9 Å². The molecule has 1 aliphatic rings. The van der Waals surface area contributed by atoms with Gasteiger partial charge >= 0.3 is 0 Å². The Labute approximate surface area is 114 Å². The first-order chi connectivity index (χ1) is 9.69. The minimum absolute atomic E-state index is 0.0500. The normalized spacial score (nSPS) is 15.1. The number of carbonyl (C=O) groups is 2. The smallest absolute Gasteiger partial charge is 0.246 e. The monoisotopic (exact) mass is 266 g/mol. The molecule has 6 nitrogen and oxygen atoms in total. The Morgan fingerprint density at radius 1 is 1.20 bits per heavy atom. The zero-order valence-corrected chi connectivity index (χ0v) is 10.5. The third kappa shape index (κ3) is 1.95. The van der Waals surface area contributed by atoms with Gasteiger partial charge in [-0.25, -0.2) is 0 Å². The molecular weight excluding hydrogens is 256 g/mol. The number of nitriles is 1. The van der Waals surface area contributed by atoms with Gasteiger partial charge in [-0.2, -0.15) is 5.26 Å². The van der Waals surface area contributed by atoms with Crippen molar-refractivity contribution in [1.29, 1.82) is 5.26 Å². The van der Waals surface area contributed by atoms with Crippen LogP contribution in [-0.4, -0.2) is 29.9 Å². The molecule has 2 amide bonds. The molecule has 1 aromatic carbocycles. The number of rotatable bonds is 1. The Balaban J connectivity index is 2.21. The van der Waals surface area contributed by atoms with Crippen LogP contribution in [0.2, 0.25) is 0 Å². The van der Waals surface area contributed by atoms with Crippen LogP contribution in [0, 0.1) is 11.3 Å². The first kappa shape index (κ1) is 12.1. The number of para-hydroxylation sites is 1. The Morgan fingerprint density at radius 2 is 1.90 bits per heavy atom. The van der Waals surface area contributed by atoms with E-state index in [0.717, 1.165) is 10.9 Å². The predicted molar refractivity (Wildman–Crippen MR) is 71.8 cm³/mol. The zero-order chi connectivity index (χ0) is 14.1. The highest BCUT2D eigenvalue weighted by molar-refractivity contribution is 6.05. The van der Waals surface area contributed by atoms with Gasteiger partial charge in [-0.1, -0.05) is 18.2 Å². The number of pyridine rings is 1. The summed E-state index contributed by atoms with van der Waals surface area (Å²) in [5, 5.41) is 12.2. The molecule has 0 saturated carbocycles. The van der Waals surface area contributed by atoms with E-state index in [0.29, 0.717) is 11.3 Å². The third-order valence-corrected chi connectivity index (χ3v) is 3.13. The summed E-state index contributed by atoms with van der Waals surface area (Å²) in [4.78, 5) is 28.9. The summed E-state index contributed by atoms with van der Waals surface area (Å²) in [5.74, 6) is -0.739. The van der Waals surface area contributed by atoms with E-state index in [1.165, 1.54) is 6.20 Å². The summed E-state index contributed by atoms with van der Waals surface area (Å²) < 4.78 is 0. The number of imide groups is 1. The summed E-state index contributed by atoms with van der Waals surface area (Å²) in [6.45, 7) is 0.100. The fourth-order valence-corrected chi connectivity index (χ4v) is 2.34. The van der Waals surface area contributed by atoms with Crippen LogP contribution in [0.1, 0.15) is 5.56 Å². The lowest BCUT2D eigenvalue weighted by atomic mass is 10.1. The van der Waals surface area contributed by atoms with Crippen molar-refractivity contribution in [2.45, 2.75) is 0 Å². The second-order valence-electron chi connectivity index (χ2n) is 4.48.